The van der Waals surface area contributed by atoms with Crippen molar-refractivity contribution in [3.05, 3.63) is 78.3 Å². The van der Waals surface area contributed by atoms with E-state index in [1.54, 1.807) is 55.6 Å². The minimum atomic E-state index is -0.952. The predicted octanol–water partition coefficient (Wildman–Crippen LogP) is 3.96. The Bertz CT molecular complexity index is 1110. The maximum atomic E-state index is 13.2. The molecule has 1 fully saturated rings. The zero-order valence-electron chi connectivity index (χ0n) is 17.8. The molecule has 1 N–H and O–H groups in total. The first kappa shape index (κ1) is 21.2. The molecule has 1 saturated heterocycles. The van der Waals surface area contributed by atoms with E-state index in [1.807, 2.05) is 19.1 Å². The van der Waals surface area contributed by atoms with Crippen molar-refractivity contribution < 1.29 is 23.5 Å². The van der Waals surface area contributed by atoms with Crippen molar-refractivity contribution in [3.8, 4) is 5.75 Å². The number of ether oxygens (including phenoxy) is 1. The van der Waals surface area contributed by atoms with Crippen LogP contribution in [0.15, 0.2) is 71.3 Å². The summed E-state index contributed by atoms with van der Waals surface area (Å²) in [6.07, 6.45) is 1.32. The number of amides is 4. The lowest BCUT2D eigenvalue weighted by atomic mass is 10.1. The summed E-state index contributed by atoms with van der Waals surface area (Å²) in [5.74, 6) is 0.363. The molecule has 1 aliphatic rings. The molecule has 0 radical (unpaired) electrons. The second-order valence-electron chi connectivity index (χ2n) is 7.50. The van der Waals surface area contributed by atoms with Gasteiger partial charge in [0.05, 0.1) is 32.0 Å². The fourth-order valence-corrected chi connectivity index (χ4v) is 3.58. The van der Waals surface area contributed by atoms with Gasteiger partial charge in [0.2, 0.25) is 5.91 Å². The predicted molar refractivity (Wildman–Crippen MR) is 118 cm³/mol. The minimum absolute atomic E-state index is 0.0837. The van der Waals surface area contributed by atoms with E-state index in [1.165, 1.54) is 11.2 Å². The molecular formula is C24H23N3O5. The van der Waals surface area contributed by atoms with Crippen LogP contribution in [0.5, 0.6) is 5.75 Å². The lowest BCUT2D eigenvalue weighted by Gasteiger charge is -2.20. The third-order valence-corrected chi connectivity index (χ3v) is 5.27. The average Bonchev–Trinajstić information content (AvgIpc) is 3.38. The Morgan fingerprint density at radius 2 is 1.78 bits per heavy atom. The first-order valence-electron chi connectivity index (χ1n) is 10.1. The summed E-state index contributed by atoms with van der Waals surface area (Å²) >= 11 is 0. The summed E-state index contributed by atoms with van der Waals surface area (Å²) in [7, 11) is 1.56. The van der Waals surface area contributed by atoms with Gasteiger partial charge in [-0.05, 0) is 55.5 Å². The van der Waals surface area contributed by atoms with Gasteiger partial charge in [0, 0.05) is 5.69 Å². The van der Waals surface area contributed by atoms with Crippen LogP contribution in [0.1, 0.15) is 17.7 Å². The van der Waals surface area contributed by atoms with Crippen molar-refractivity contribution in [3.63, 3.8) is 0 Å². The molecule has 1 atom stereocenters. The Hall–Kier alpha value is -4.07. The number of nitrogens with zero attached hydrogens (tertiary/aromatic N) is 2. The van der Waals surface area contributed by atoms with Crippen molar-refractivity contribution in [1.29, 1.82) is 0 Å². The van der Waals surface area contributed by atoms with Crippen LogP contribution in [0.4, 0.5) is 16.2 Å². The van der Waals surface area contributed by atoms with Gasteiger partial charge in [-0.2, -0.15) is 0 Å². The first-order valence-corrected chi connectivity index (χ1v) is 10.1. The van der Waals surface area contributed by atoms with E-state index in [-0.39, 0.29) is 18.9 Å². The van der Waals surface area contributed by atoms with Crippen LogP contribution in [0.3, 0.4) is 0 Å². The molecule has 2 aromatic carbocycles. The monoisotopic (exact) mass is 433 g/mol. The Morgan fingerprint density at radius 1 is 1.06 bits per heavy atom. The fraction of sp³-hybridized carbons (Fsp3) is 0.208. The number of carbonyl (C=O) groups excluding carboxylic acids is 3. The van der Waals surface area contributed by atoms with Crippen molar-refractivity contribution in [1.82, 2.24) is 4.90 Å². The third-order valence-electron chi connectivity index (χ3n) is 5.27. The van der Waals surface area contributed by atoms with E-state index in [2.05, 4.69) is 5.32 Å². The highest BCUT2D eigenvalue weighted by molar-refractivity contribution is 6.22. The number of nitrogens with one attached hydrogen (secondary N) is 1. The molecule has 164 valence electrons. The number of furan rings is 1. The summed E-state index contributed by atoms with van der Waals surface area (Å²) in [6, 6.07) is 15.9. The second kappa shape index (κ2) is 8.97. The van der Waals surface area contributed by atoms with E-state index >= 15 is 0 Å². The Labute approximate surface area is 185 Å². The van der Waals surface area contributed by atoms with Crippen molar-refractivity contribution >= 4 is 29.2 Å². The molecule has 1 unspecified atom stereocenters. The molecule has 1 aliphatic heterocycles. The van der Waals surface area contributed by atoms with Crippen LogP contribution < -0.4 is 15.0 Å². The summed E-state index contributed by atoms with van der Waals surface area (Å²) in [6.45, 7) is 2.01. The normalized spacial score (nSPS) is 15.9. The van der Waals surface area contributed by atoms with Gasteiger partial charge in [-0.25, -0.2) is 9.69 Å². The molecule has 0 bridgehead atoms. The lowest BCUT2D eigenvalue weighted by molar-refractivity contribution is -0.124. The minimum Gasteiger partial charge on any atom is -0.497 e. The summed E-state index contributed by atoms with van der Waals surface area (Å²) < 4.78 is 10.5. The van der Waals surface area contributed by atoms with Crippen molar-refractivity contribution in [2.24, 2.45) is 0 Å². The molecule has 4 rings (SSSR count). The van der Waals surface area contributed by atoms with Gasteiger partial charge >= 0.3 is 6.03 Å². The second-order valence-corrected chi connectivity index (χ2v) is 7.50. The van der Waals surface area contributed by atoms with E-state index in [0.717, 1.165) is 10.5 Å². The maximum Gasteiger partial charge on any atom is 0.332 e. The Balaban J connectivity index is 1.56. The van der Waals surface area contributed by atoms with Crippen LogP contribution in [-0.4, -0.2) is 35.9 Å². The molecule has 3 aromatic rings. The lowest BCUT2D eigenvalue weighted by Crippen LogP contribution is -2.37. The van der Waals surface area contributed by atoms with Crippen LogP contribution in [-0.2, 0) is 16.1 Å². The zero-order valence-corrected chi connectivity index (χ0v) is 17.8. The molecule has 0 saturated carbocycles. The molecule has 4 amide bonds. The Morgan fingerprint density at radius 3 is 2.41 bits per heavy atom. The van der Waals surface area contributed by atoms with Crippen molar-refractivity contribution in [2.45, 2.75) is 25.9 Å². The molecule has 32 heavy (non-hydrogen) atoms. The van der Waals surface area contributed by atoms with Gasteiger partial charge in [0.1, 0.15) is 17.6 Å². The van der Waals surface area contributed by atoms with Gasteiger partial charge < -0.3 is 19.4 Å². The topological polar surface area (TPSA) is 92.1 Å². The van der Waals surface area contributed by atoms with Gasteiger partial charge in [-0.3, -0.25) is 9.59 Å². The van der Waals surface area contributed by atoms with Crippen LogP contribution in [0.2, 0.25) is 0 Å². The molecule has 2 heterocycles. The number of anilines is 2. The fourth-order valence-electron chi connectivity index (χ4n) is 3.58. The molecular weight excluding hydrogens is 410 g/mol. The van der Waals surface area contributed by atoms with Gasteiger partial charge in [-0.15, -0.1) is 0 Å². The number of urea groups is 1. The highest BCUT2D eigenvalue weighted by Crippen LogP contribution is 2.29. The van der Waals surface area contributed by atoms with E-state index in [4.69, 9.17) is 9.15 Å². The van der Waals surface area contributed by atoms with Gasteiger partial charge in [0.15, 0.2) is 0 Å². The van der Waals surface area contributed by atoms with Crippen molar-refractivity contribution in [2.75, 3.05) is 17.3 Å². The van der Waals surface area contributed by atoms with Crippen LogP contribution in [0.25, 0.3) is 0 Å². The highest BCUT2D eigenvalue weighted by atomic mass is 16.5. The van der Waals surface area contributed by atoms with E-state index in [9.17, 15) is 14.4 Å². The third kappa shape index (κ3) is 4.34. The smallest absolute Gasteiger partial charge is 0.332 e. The quantitative estimate of drug-likeness (QED) is 0.570. The SMILES string of the molecule is COc1ccc(NC(=O)CC2C(=O)N(c3ccc(C)cc3)C(=O)N2Cc2ccco2)cc1. The number of carbonyl (C=O) groups is 3. The molecule has 0 aliphatic carbocycles. The zero-order chi connectivity index (χ0) is 22.7. The van der Waals surface area contributed by atoms with E-state index < -0.39 is 18.0 Å². The molecule has 0 spiro atoms. The summed E-state index contributed by atoms with van der Waals surface area (Å²) in [4.78, 5) is 41.7. The standard InChI is InChI=1S/C24H23N3O5/c1-16-5-9-18(10-6-16)27-23(29)21(26(24(27)30)15-20-4-3-13-32-20)14-22(28)25-17-7-11-19(31-2)12-8-17/h3-13,21H,14-15H2,1-2H3,(H,25,28). The number of imide groups is 1. The number of benzene rings is 2. The largest absolute Gasteiger partial charge is 0.497 e. The summed E-state index contributed by atoms with van der Waals surface area (Å²) in [5, 5.41) is 2.77. The number of hydrogen-bond donors (Lipinski definition) is 1. The maximum absolute atomic E-state index is 13.2. The van der Waals surface area contributed by atoms with E-state index in [0.29, 0.717) is 22.9 Å². The highest BCUT2D eigenvalue weighted by Gasteiger charge is 2.46. The first-order chi connectivity index (χ1) is 15.5. The van der Waals surface area contributed by atoms with Gasteiger partial charge in [-0.1, -0.05) is 17.7 Å². The molecule has 8 nitrogen and oxygen atoms in total. The van der Waals surface area contributed by atoms with Crippen LogP contribution in [0, 0.1) is 6.92 Å². The average molecular weight is 433 g/mol. The van der Waals surface area contributed by atoms with Gasteiger partial charge in [0.25, 0.3) is 5.91 Å². The number of rotatable bonds is 7. The molecule has 8 heteroatoms. The Kier molecular flexibility index (Phi) is 5.93. The summed E-state index contributed by atoms with van der Waals surface area (Å²) in [5.41, 5.74) is 2.05. The number of hydrogen-bond acceptors (Lipinski definition) is 5. The number of methoxy groups -OCH3 is 1. The molecule has 1 aromatic heterocycles. The van der Waals surface area contributed by atoms with Crippen LogP contribution >= 0.6 is 0 Å². The number of aryl methyl sites for hydroxylation is 1.